The van der Waals surface area contributed by atoms with Gasteiger partial charge >= 0.3 is 55.2 Å². The molecule has 0 saturated carbocycles. The number of unbranched alkanes of at least 4 members (excludes halogenated alkanes) is 2. The highest BCUT2D eigenvalue weighted by Crippen LogP contribution is 2.64. The first-order valence-electron chi connectivity index (χ1n) is 8.22. The van der Waals surface area contributed by atoms with Crippen LogP contribution in [0.25, 0.3) is 0 Å². The molecule has 206 valence electrons. The fraction of sp³-hybridized carbons (Fsp3) is 1.00. The molecule has 2 N–H and O–H groups in total. The average Bonchev–Trinajstić information content (AvgIpc) is 2.58. The van der Waals surface area contributed by atoms with Gasteiger partial charge in [-0.05, 0) is 12.8 Å². The van der Waals surface area contributed by atoms with E-state index in [4.69, 9.17) is 9.79 Å². The molecule has 0 aromatic rings. The van der Waals surface area contributed by atoms with E-state index in [1.807, 2.05) is 0 Å². The molecule has 0 saturated heterocycles. The van der Waals surface area contributed by atoms with Crippen LogP contribution in [0.3, 0.4) is 0 Å². The molecule has 0 spiro atoms. The molecular weight excluding hydrogens is 558 g/mol. The Morgan fingerprint density at radius 2 is 0.794 bits per heavy atom. The zero-order chi connectivity index (χ0) is 28.0. The van der Waals surface area contributed by atoms with E-state index in [9.17, 15) is 79.2 Å². The molecule has 0 aliphatic carbocycles. The topological polar surface area (TPSA) is 57.5 Å². The van der Waals surface area contributed by atoms with Crippen LogP contribution in [0.5, 0.6) is 0 Å². The molecule has 21 heteroatoms. The molecule has 0 aliphatic heterocycles. The molecule has 3 nitrogen and oxygen atoms in total. The maximum atomic E-state index is 13.5. The van der Waals surface area contributed by atoms with Crippen LogP contribution >= 0.6 is 7.60 Å². The Morgan fingerprint density at radius 1 is 0.471 bits per heavy atom. The number of hydrogen-bond acceptors (Lipinski definition) is 1. The van der Waals surface area contributed by atoms with Crippen molar-refractivity contribution in [2.45, 2.75) is 73.3 Å². The number of rotatable bonds is 12. The molecule has 0 fully saturated rings. The summed E-state index contributed by atoms with van der Waals surface area (Å²) in [7, 11) is -4.74. The highest BCUT2D eigenvalue weighted by Gasteiger charge is 2.95. The van der Waals surface area contributed by atoms with Crippen molar-refractivity contribution >= 4 is 7.60 Å². The smallest absolute Gasteiger partial charge is 0.324 e. The molecule has 0 unspecified atom stereocenters. The van der Waals surface area contributed by atoms with E-state index in [1.165, 1.54) is 0 Å². The lowest BCUT2D eigenvalue weighted by Gasteiger charge is -2.42. The van der Waals surface area contributed by atoms with Crippen LogP contribution in [0.4, 0.5) is 74.6 Å². The molecule has 0 rings (SSSR count). The normalized spacial score (nSPS) is 16.2. The molecule has 34 heavy (non-hydrogen) atoms. The number of halogens is 17. The third-order valence-corrected chi connectivity index (χ3v) is 5.13. The van der Waals surface area contributed by atoms with Gasteiger partial charge in [-0.1, -0.05) is 6.42 Å². The monoisotopic (exact) mass is 570 g/mol. The van der Waals surface area contributed by atoms with Crippen LogP contribution in [0, 0.1) is 0 Å². The fourth-order valence-corrected chi connectivity index (χ4v) is 2.83. The first-order chi connectivity index (χ1) is 14.5. The summed E-state index contributed by atoms with van der Waals surface area (Å²) in [6.45, 7) is 0. The highest BCUT2D eigenvalue weighted by molar-refractivity contribution is 7.51. The quantitative estimate of drug-likeness (QED) is 0.156. The van der Waals surface area contributed by atoms with Crippen LogP contribution in [-0.4, -0.2) is 63.6 Å². The van der Waals surface area contributed by atoms with Gasteiger partial charge in [0.1, 0.15) is 0 Å². The van der Waals surface area contributed by atoms with E-state index >= 15 is 0 Å². The minimum atomic E-state index is -8.66. The summed E-state index contributed by atoms with van der Waals surface area (Å²) < 4.78 is 232. The van der Waals surface area contributed by atoms with Crippen molar-refractivity contribution in [1.82, 2.24) is 0 Å². The standard InChI is InChI=1S/C13H12F17O3P/c14-6(15,4-2-1-3-5-34(31,32)33)7(16,17)8(18,19)9(20,21)10(22,23)11(24,25)12(26,27)13(28,29)30/h1-5H2,(H2,31,32,33). The van der Waals surface area contributed by atoms with Crippen molar-refractivity contribution in [1.29, 1.82) is 0 Å². The Labute approximate surface area is 177 Å². The Bertz CT molecular complexity index is 754. The zero-order valence-corrected chi connectivity index (χ0v) is 16.6. The Morgan fingerprint density at radius 3 is 1.12 bits per heavy atom. The molecule has 0 radical (unpaired) electrons. The Kier molecular flexibility index (Phi) is 8.84. The minimum absolute atomic E-state index is 0.727. The molecular formula is C13H12F17O3P. The van der Waals surface area contributed by atoms with Gasteiger partial charge in [-0.25, -0.2) is 0 Å². The molecule has 0 bridgehead atoms. The van der Waals surface area contributed by atoms with Gasteiger partial charge < -0.3 is 9.79 Å². The van der Waals surface area contributed by atoms with Crippen molar-refractivity contribution in [3.63, 3.8) is 0 Å². The zero-order valence-electron chi connectivity index (χ0n) is 15.7. The highest BCUT2D eigenvalue weighted by atomic mass is 31.2. The van der Waals surface area contributed by atoms with Gasteiger partial charge in [-0.2, -0.15) is 74.6 Å². The molecule has 0 aromatic carbocycles. The molecule has 0 amide bonds. The van der Waals surface area contributed by atoms with Crippen molar-refractivity contribution < 1.29 is 89.0 Å². The van der Waals surface area contributed by atoms with Crippen molar-refractivity contribution in [2.75, 3.05) is 6.16 Å². The molecule has 0 heterocycles. The van der Waals surface area contributed by atoms with Crippen molar-refractivity contribution in [3.8, 4) is 0 Å². The van der Waals surface area contributed by atoms with Crippen LogP contribution in [0.15, 0.2) is 0 Å². The van der Waals surface area contributed by atoms with E-state index < -0.39 is 87.1 Å². The van der Waals surface area contributed by atoms with Gasteiger partial charge in [0.05, 0.1) is 0 Å². The third kappa shape index (κ3) is 5.37. The summed E-state index contributed by atoms with van der Waals surface area (Å²) in [5, 5.41) is 0. The summed E-state index contributed by atoms with van der Waals surface area (Å²) in [4.78, 5) is 16.9. The number of alkyl halides is 17. The van der Waals surface area contributed by atoms with E-state index in [2.05, 4.69) is 0 Å². The Balaban J connectivity index is 6.13. The second-order valence-electron chi connectivity index (χ2n) is 6.85. The summed E-state index contributed by atoms with van der Waals surface area (Å²) in [6.07, 6.45) is -14.5. The first kappa shape index (κ1) is 33.0. The van der Waals surface area contributed by atoms with Crippen molar-refractivity contribution in [2.24, 2.45) is 0 Å². The van der Waals surface area contributed by atoms with Gasteiger partial charge in [0.2, 0.25) is 0 Å². The van der Waals surface area contributed by atoms with Gasteiger partial charge in [0.25, 0.3) is 0 Å². The Hall–Kier alpha value is -1.04. The predicted octanol–water partition coefficient (Wildman–Crippen LogP) is 6.73. The average molecular weight is 570 g/mol. The fourth-order valence-electron chi connectivity index (χ4n) is 2.19. The first-order valence-corrected chi connectivity index (χ1v) is 10.0. The second-order valence-corrected chi connectivity index (χ2v) is 8.62. The molecule has 0 aromatic heterocycles. The van der Waals surface area contributed by atoms with Crippen LogP contribution in [-0.2, 0) is 4.57 Å². The van der Waals surface area contributed by atoms with E-state index in [-0.39, 0.29) is 0 Å². The SMILES string of the molecule is O=P(O)(O)CCCCCC(F)(F)C(F)(F)C(F)(F)C(F)(F)C(F)(F)C(F)(F)C(F)(F)C(F)(F)F. The summed E-state index contributed by atoms with van der Waals surface area (Å²) in [5.74, 6) is -56.5. The van der Waals surface area contributed by atoms with Gasteiger partial charge in [-0.15, -0.1) is 0 Å². The summed E-state index contributed by atoms with van der Waals surface area (Å²) in [6, 6.07) is 0. The van der Waals surface area contributed by atoms with E-state index in [1.54, 1.807) is 0 Å². The lowest BCUT2D eigenvalue weighted by molar-refractivity contribution is -0.461. The third-order valence-electron chi connectivity index (χ3n) is 4.23. The van der Waals surface area contributed by atoms with Crippen LogP contribution in [0.1, 0.15) is 25.7 Å². The maximum Gasteiger partial charge on any atom is 0.460 e. The second kappa shape index (κ2) is 9.12. The molecule has 0 aliphatic rings. The van der Waals surface area contributed by atoms with Gasteiger partial charge in [0.15, 0.2) is 0 Å². The van der Waals surface area contributed by atoms with Crippen LogP contribution in [0.2, 0.25) is 0 Å². The van der Waals surface area contributed by atoms with E-state index in [0.29, 0.717) is 0 Å². The summed E-state index contributed by atoms with van der Waals surface area (Å²) in [5.41, 5.74) is 0. The number of hydrogen-bond donors (Lipinski definition) is 2. The lowest BCUT2D eigenvalue weighted by atomic mass is 9.88. The molecule has 0 atom stereocenters. The van der Waals surface area contributed by atoms with Gasteiger partial charge in [-0.3, -0.25) is 4.57 Å². The minimum Gasteiger partial charge on any atom is -0.324 e. The summed E-state index contributed by atoms with van der Waals surface area (Å²) >= 11 is 0. The lowest BCUT2D eigenvalue weighted by Crippen LogP contribution is -2.74. The maximum absolute atomic E-state index is 13.5. The predicted molar refractivity (Wildman–Crippen MR) is 76.1 cm³/mol. The largest absolute Gasteiger partial charge is 0.460 e. The van der Waals surface area contributed by atoms with Crippen molar-refractivity contribution in [3.05, 3.63) is 0 Å². The van der Waals surface area contributed by atoms with Gasteiger partial charge in [0, 0.05) is 12.6 Å². The van der Waals surface area contributed by atoms with E-state index in [0.717, 1.165) is 0 Å². The van der Waals surface area contributed by atoms with Crippen LogP contribution < -0.4 is 0 Å².